The summed E-state index contributed by atoms with van der Waals surface area (Å²) in [7, 11) is 1.64. The Hall–Kier alpha value is -0.320. The lowest BCUT2D eigenvalue weighted by Gasteiger charge is -2.20. The van der Waals surface area contributed by atoms with E-state index in [2.05, 4.69) is 9.97 Å². The average molecular weight is 273 g/mol. The minimum atomic E-state index is 0.415. The monoisotopic (exact) mass is 272 g/mol. The zero-order chi connectivity index (χ0) is 12.1. The number of nitrogens with zero attached hydrogens (tertiary/aromatic N) is 2. The lowest BCUT2D eigenvalue weighted by Crippen LogP contribution is -2.08. The highest BCUT2D eigenvalue weighted by Gasteiger charge is 2.16. The van der Waals surface area contributed by atoms with Gasteiger partial charge in [-0.1, -0.05) is 30.9 Å². The van der Waals surface area contributed by atoms with Crippen molar-refractivity contribution in [3.05, 3.63) is 17.0 Å². The maximum Gasteiger partial charge on any atom is 0.156 e. The van der Waals surface area contributed by atoms with Gasteiger partial charge in [-0.2, -0.15) is 0 Å². The molecule has 2 rings (SSSR count). The molecule has 1 aromatic rings. The zero-order valence-electron chi connectivity index (χ0n) is 9.99. The topological polar surface area (TPSA) is 35.0 Å². The van der Waals surface area contributed by atoms with E-state index in [1.165, 1.54) is 32.1 Å². The van der Waals surface area contributed by atoms with Crippen LogP contribution in [0.4, 0.5) is 0 Å². The van der Waals surface area contributed by atoms with Crippen LogP contribution in [0.3, 0.4) is 0 Å². The van der Waals surface area contributed by atoms with Crippen LogP contribution in [0.5, 0.6) is 0 Å². The number of halogens is 1. The van der Waals surface area contributed by atoms with Crippen LogP contribution >= 0.6 is 23.4 Å². The third-order valence-corrected chi connectivity index (χ3v) is 4.28. The second-order valence-electron chi connectivity index (χ2n) is 4.26. The molecule has 3 nitrogen and oxygen atoms in total. The number of rotatable bonds is 4. The quantitative estimate of drug-likeness (QED) is 0.783. The summed E-state index contributed by atoms with van der Waals surface area (Å²) in [6.45, 7) is 0.415. The second kappa shape index (κ2) is 6.57. The molecule has 0 amide bonds. The van der Waals surface area contributed by atoms with Gasteiger partial charge in [0, 0.05) is 18.4 Å². The number of thioether (sulfide) groups is 1. The minimum absolute atomic E-state index is 0.415. The van der Waals surface area contributed by atoms with Crippen molar-refractivity contribution in [1.82, 2.24) is 9.97 Å². The van der Waals surface area contributed by atoms with Crippen LogP contribution in [0, 0.1) is 0 Å². The van der Waals surface area contributed by atoms with Crippen molar-refractivity contribution in [1.29, 1.82) is 0 Å². The summed E-state index contributed by atoms with van der Waals surface area (Å²) in [6.07, 6.45) is 6.61. The molecule has 0 N–H and O–H groups in total. The van der Waals surface area contributed by atoms with Crippen molar-refractivity contribution in [2.75, 3.05) is 7.11 Å². The molecular weight excluding hydrogens is 256 g/mol. The third kappa shape index (κ3) is 4.12. The molecule has 1 aliphatic rings. The smallest absolute Gasteiger partial charge is 0.156 e. The number of hydrogen-bond donors (Lipinski definition) is 0. The lowest BCUT2D eigenvalue weighted by atomic mass is 10.0. The van der Waals surface area contributed by atoms with Crippen molar-refractivity contribution in [3.8, 4) is 0 Å². The van der Waals surface area contributed by atoms with Gasteiger partial charge in [0.15, 0.2) is 5.82 Å². The van der Waals surface area contributed by atoms with Gasteiger partial charge in [-0.25, -0.2) is 9.97 Å². The lowest BCUT2D eigenvalue weighted by molar-refractivity contribution is 0.177. The first-order valence-corrected chi connectivity index (χ1v) is 7.23. The van der Waals surface area contributed by atoms with E-state index in [0.717, 1.165) is 5.03 Å². The number of ether oxygens (including phenoxy) is 1. The average Bonchev–Trinajstić information content (AvgIpc) is 2.30. The van der Waals surface area contributed by atoms with Gasteiger partial charge in [0.1, 0.15) is 16.8 Å². The van der Waals surface area contributed by atoms with E-state index in [4.69, 9.17) is 16.3 Å². The van der Waals surface area contributed by atoms with Gasteiger partial charge >= 0.3 is 0 Å². The van der Waals surface area contributed by atoms with Crippen molar-refractivity contribution in [3.63, 3.8) is 0 Å². The molecule has 1 heterocycles. The number of aromatic nitrogens is 2. The van der Waals surface area contributed by atoms with Gasteiger partial charge in [-0.3, -0.25) is 0 Å². The van der Waals surface area contributed by atoms with Crippen LogP contribution < -0.4 is 0 Å². The second-order valence-corrected chi connectivity index (χ2v) is 5.96. The summed E-state index contributed by atoms with van der Waals surface area (Å²) < 4.78 is 5.03. The maximum absolute atomic E-state index is 5.98. The van der Waals surface area contributed by atoms with Crippen LogP contribution in [0.1, 0.15) is 37.9 Å². The van der Waals surface area contributed by atoms with Gasteiger partial charge in [0.05, 0.1) is 0 Å². The van der Waals surface area contributed by atoms with Gasteiger partial charge in [0.25, 0.3) is 0 Å². The molecule has 1 saturated carbocycles. The van der Waals surface area contributed by atoms with E-state index in [9.17, 15) is 0 Å². The van der Waals surface area contributed by atoms with Crippen LogP contribution in [-0.4, -0.2) is 22.3 Å². The predicted molar refractivity (Wildman–Crippen MR) is 70.5 cm³/mol. The summed E-state index contributed by atoms with van der Waals surface area (Å²) in [6, 6.07) is 1.85. The van der Waals surface area contributed by atoms with Gasteiger partial charge in [-0.15, -0.1) is 11.8 Å². The molecule has 0 atom stereocenters. The molecule has 0 spiro atoms. The first-order valence-electron chi connectivity index (χ1n) is 5.97. The van der Waals surface area contributed by atoms with Crippen molar-refractivity contribution >= 4 is 23.4 Å². The van der Waals surface area contributed by atoms with Crippen molar-refractivity contribution in [2.24, 2.45) is 0 Å². The fraction of sp³-hybridized carbons (Fsp3) is 0.667. The van der Waals surface area contributed by atoms with Crippen LogP contribution in [0.15, 0.2) is 11.1 Å². The van der Waals surface area contributed by atoms with E-state index in [-0.39, 0.29) is 0 Å². The maximum atomic E-state index is 5.98. The van der Waals surface area contributed by atoms with Crippen LogP contribution in [0.25, 0.3) is 0 Å². The normalized spacial score (nSPS) is 17.3. The number of methoxy groups -OCH3 is 1. The Morgan fingerprint density at radius 2 is 2.12 bits per heavy atom. The SMILES string of the molecule is COCc1nc(Cl)cc(SC2CCCCC2)n1. The van der Waals surface area contributed by atoms with E-state index in [1.807, 2.05) is 17.8 Å². The highest BCUT2D eigenvalue weighted by atomic mass is 35.5. The molecule has 0 radical (unpaired) electrons. The summed E-state index contributed by atoms with van der Waals surface area (Å²) in [5.41, 5.74) is 0. The summed E-state index contributed by atoms with van der Waals surface area (Å²) >= 11 is 7.81. The van der Waals surface area contributed by atoms with Gasteiger partial charge in [0.2, 0.25) is 0 Å². The third-order valence-electron chi connectivity index (χ3n) is 2.83. The predicted octanol–water partition coefficient (Wildman–Crippen LogP) is 3.70. The van der Waals surface area contributed by atoms with E-state index >= 15 is 0 Å². The standard InChI is InChI=1S/C12H17ClN2OS/c1-16-8-11-14-10(13)7-12(15-11)17-9-5-3-2-4-6-9/h7,9H,2-6,8H2,1H3. The number of hydrogen-bond acceptors (Lipinski definition) is 4. The molecule has 1 aromatic heterocycles. The van der Waals surface area contributed by atoms with Crippen LogP contribution in [-0.2, 0) is 11.3 Å². The Labute approximate surface area is 111 Å². The molecule has 0 saturated heterocycles. The molecule has 17 heavy (non-hydrogen) atoms. The van der Waals surface area contributed by atoms with E-state index < -0.39 is 0 Å². The Kier molecular flexibility index (Phi) is 5.07. The fourth-order valence-corrected chi connectivity index (χ4v) is 3.56. The zero-order valence-corrected chi connectivity index (χ0v) is 11.6. The van der Waals surface area contributed by atoms with Gasteiger partial charge in [-0.05, 0) is 12.8 Å². The Morgan fingerprint density at radius 3 is 2.82 bits per heavy atom. The molecule has 1 aliphatic carbocycles. The molecule has 0 aromatic carbocycles. The fourth-order valence-electron chi connectivity index (χ4n) is 2.05. The Bertz CT molecular complexity index is 370. The van der Waals surface area contributed by atoms with E-state index in [0.29, 0.717) is 22.8 Å². The first-order chi connectivity index (χ1) is 8.28. The van der Waals surface area contributed by atoms with Crippen LogP contribution in [0.2, 0.25) is 5.15 Å². The van der Waals surface area contributed by atoms with Crippen molar-refractivity contribution in [2.45, 2.75) is 49.0 Å². The highest BCUT2D eigenvalue weighted by molar-refractivity contribution is 7.99. The molecular formula is C12H17ClN2OS. The molecule has 0 unspecified atom stereocenters. The first kappa shape index (κ1) is 13.1. The molecule has 0 aliphatic heterocycles. The molecule has 5 heteroatoms. The summed E-state index contributed by atoms with van der Waals surface area (Å²) in [5, 5.41) is 2.17. The molecule has 94 valence electrons. The Balaban J connectivity index is 2.03. The molecule has 1 fully saturated rings. The summed E-state index contributed by atoms with van der Waals surface area (Å²) in [5.74, 6) is 0.665. The summed E-state index contributed by atoms with van der Waals surface area (Å²) in [4.78, 5) is 8.59. The largest absolute Gasteiger partial charge is 0.377 e. The van der Waals surface area contributed by atoms with E-state index in [1.54, 1.807) is 7.11 Å². The van der Waals surface area contributed by atoms with Gasteiger partial charge < -0.3 is 4.74 Å². The van der Waals surface area contributed by atoms with Crippen molar-refractivity contribution < 1.29 is 4.74 Å². The minimum Gasteiger partial charge on any atom is -0.377 e. The molecule has 0 bridgehead atoms. The Morgan fingerprint density at radius 1 is 1.35 bits per heavy atom. The highest BCUT2D eigenvalue weighted by Crippen LogP contribution is 2.33.